The molecule has 0 spiro atoms. The van der Waals surface area contributed by atoms with Crippen LogP contribution in [0.3, 0.4) is 0 Å². The molecule has 3 N–H and O–H groups in total. The van der Waals surface area contributed by atoms with Crippen molar-refractivity contribution in [1.82, 2.24) is 25.3 Å². The zero-order valence-electron chi connectivity index (χ0n) is 12.3. The molecule has 0 aliphatic heterocycles. The Labute approximate surface area is 123 Å². The maximum Gasteiger partial charge on any atom is 0.272 e. The van der Waals surface area contributed by atoms with Crippen molar-refractivity contribution < 1.29 is 4.79 Å². The predicted molar refractivity (Wildman–Crippen MR) is 78.5 cm³/mol. The van der Waals surface area contributed by atoms with Crippen LogP contribution in [0.15, 0.2) is 18.5 Å². The van der Waals surface area contributed by atoms with E-state index in [9.17, 15) is 4.79 Å². The van der Waals surface area contributed by atoms with Crippen LogP contribution in [-0.4, -0.2) is 25.8 Å². The van der Waals surface area contributed by atoms with E-state index in [0.29, 0.717) is 18.2 Å². The summed E-state index contributed by atoms with van der Waals surface area (Å²) in [5, 5.41) is 2.75. The fraction of sp³-hybridized carbons (Fsp3) is 0.357. The van der Waals surface area contributed by atoms with Crippen LogP contribution in [0.25, 0.3) is 0 Å². The van der Waals surface area contributed by atoms with Crippen molar-refractivity contribution in [3.63, 3.8) is 0 Å². The molecule has 0 aliphatic rings. The summed E-state index contributed by atoms with van der Waals surface area (Å²) in [5.74, 6) is 1.03. The zero-order chi connectivity index (χ0) is 15.4. The van der Waals surface area contributed by atoms with Crippen molar-refractivity contribution in [2.75, 3.05) is 5.73 Å². The van der Waals surface area contributed by atoms with Crippen LogP contribution in [0.5, 0.6) is 0 Å². The van der Waals surface area contributed by atoms with Gasteiger partial charge < -0.3 is 11.1 Å². The first-order valence-electron chi connectivity index (χ1n) is 6.66. The zero-order valence-corrected chi connectivity index (χ0v) is 12.3. The van der Waals surface area contributed by atoms with Crippen molar-refractivity contribution in [3.05, 3.63) is 41.5 Å². The molecular formula is C14H18N6O. The molecule has 2 rings (SSSR count). The smallest absolute Gasteiger partial charge is 0.272 e. The van der Waals surface area contributed by atoms with Crippen LogP contribution in [0.1, 0.15) is 47.6 Å². The van der Waals surface area contributed by atoms with E-state index in [0.717, 1.165) is 5.69 Å². The van der Waals surface area contributed by atoms with Gasteiger partial charge in [-0.05, 0) is 13.0 Å². The lowest BCUT2D eigenvalue weighted by Crippen LogP contribution is -2.26. The summed E-state index contributed by atoms with van der Waals surface area (Å²) in [7, 11) is 0. The highest BCUT2D eigenvalue weighted by molar-refractivity contribution is 5.96. The van der Waals surface area contributed by atoms with Gasteiger partial charge in [0.15, 0.2) is 5.69 Å². The molecule has 0 atom stereocenters. The Morgan fingerprint density at radius 3 is 2.76 bits per heavy atom. The Morgan fingerprint density at radius 2 is 2.10 bits per heavy atom. The van der Waals surface area contributed by atoms with Gasteiger partial charge in [-0.15, -0.1) is 0 Å². The lowest BCUT2D eigenvalue weighted by atomic mass is 10.2. The van der Waals surface area contributed by atoms with E-state index in [1.54, 1.807) is 19.2 Å². The highest BCUT2D eigenvalue weighted by atomic mass is 16.1. The van der Waals surface area contributed by atoms with E-state index in [1.165, 1.54) is 6.20 Å². The van der Waals surface area contributed by atoms with E-state index in [-0.39, 0.29) is 23.2 Å². The van der Waals surface area contributed by atoms with E-state index in [1.807, 2.05) is 13.8 Å². The summed E-state index contributed by atoms with van der Waals surface area (Å²) < 4.78 is 0. The fourth-order valence-corrected chi connectivity index (χ4v) is 1.72. The van der Waals surface area contributed by atoms with Crippen LogP contribution in [-0.2, 0) is 6.54 Å². The number of nitrogens with one attached hydrogen (secondary N) is 1. The molecule has 0 fully saturated rings. The van der Waals surface area contributed by atoms with Gasteiger partial charge in [0.05, 0.1) is 24.1 Å². The molecule has 0 saturated heterocycles. The number of amides is 1. The third kappa shape index (κ3) is 3.71. The SMILES string of the molecule is Cc1nccc(CNC(=O)c2nc(C(C)C)ncc2N)n1. The number of hydrogen-bond acceptors (Lipinski definition) is 6. The number of rotatable bonds is 4. The first-order valence-corrected chi connectivity index (χ1v) is 6.66. The van der Waals surface area contributed by atoms with Gasteiger partial charge in [-0.3, -0.25) is 4.79 Å². The Balaban J connectivity index is 2.11. The normalized spacial score (nSPS) is 10.7. The monoisotopic (exact) mass is 286 g/mol. The summed E-state index contributed by atoms with van der Waals surface area (Å²) in [5.41, 5.74) is 6.96. The van der Waals surface area contributed by atoms with Gasteiger partial charge in [-0.1, -0.05) is 13.8 Å². The van der Waals surface area contributed by atoms with Gasteiger partial charge >= 0.3 is 0 Å². The largest absolute Gasteiger partial charge is 0.396 e. The molecule has 7 heteroatoms. The number of hydrogen-bond donors (Lipinski definition) is 2. The van der Waals surface area contributed by atoms with E-state index in [4.69, 9.17) is 5.73 Å². The van der Waals surface area contributed by atoms with Gasteiger partial charge in [-0.2, -0.15) is 0 Å². The number of aryl methyl sites for hydroxylation is 1. The molecule has 7 nitrogen and oxygen atoms in total. The van der Waals surface area contributed by atoms with Crippen LogP contribution in [0.4, 0.5) is 5.69 Å². The Hall–Kier alpha value is -2.57. The molecule has 0 unspecified atom stereocenters. The second-order valence-electron chi connectivity index (χ2n) is 4.96. The van der Waals surface area contributed by atoms with Gasteiger partial charge in [0.2, 0.25) is 0 Å². The highest BCUT2D eigenvalue weighted by Gasteiger charge is 2.14. The summed E-state index contributed by atoms with van der Waals surface area (Å²) in [6.45, 7) is 6.00. The summed E-state index contributed by atoms with van der Waals surface area (Å²) >= 11 is 0. The minimum Gasteiger partial charge on any atom is -0.396 e. The molecule has 21 heavy (non-hydrogen) atoms. The average Bonchev–Trinajstić information content (AvgIpc) is 2.45. The van der Waals surface area contributed by atoms with Crippen LogP contribution >= 0.6 is 0 Å². The number of carbonyl (C=O) groups is 1. The van der Waals surface area contributed by atoms with E-state index < -0.39 is 0 Å². The van der Waals surface area contributed by atoms with Crippen LogP contribution in [0.2, 0.25) is 0 Å². The minimum atomic E-state index is -0.340. The van der Waals surface area contributed by atoms with Gasteiger partial charge in [-0.25, -0.2) is 19.9 Å². The van der Waals surface area contributed by atoms with Crippen molar-refractivity contribution in [2.45, 2.75) is 33.2 Å². The Morgan fingerprint density at radius 1 is 1.33 bits per heavy atom. The maximum atomic E-state index is 12.2. The molecule has 0 radical (unpaired) electrons. The molecule has 0 aromatic carbocycles. The summed E-state index contributed by atoms with van der Waals surface area (Å²) in [4.78, 5) is 28.7. The lowest BCUT2D eigenvalue weighted by molar-refractivity contribution is 0.0946. The molecule has 110 valence electrons. The third-order valence-electron chi connectivity index (χ3n) is 2.83. The van der Waals surface area contributed by atoms with E-state index >= 15 is 0 Å². The Bertz CT molecular complexity index is 656. The van der Waals surface area contributed by atoms with Crippen LogP contribution < -0.4 is 11.1 Å². The van der Waals surface area contributed by atoms with Gasteiger partial charge in [0.1, 0.15) is 11.6 Å². The number of nitrogens with two attached hydrogens (primary N) is 1. The number of aromatic nitrogens is 4. The third-order valence-corrected chi connectivity index (χ3v) is 2.83. The number of nitrogens with zero attached hydrogens (tertiary/aromatic N) is 4. The van der Waals surface area contributed by atoms with Crippen molar-refractivity contribution in [3.8, 4) is 0 Å². The average molecular weight is 286 g/mol. The Kier molecular flexibility index (Phi) is 4.42. The number of anilines is 1. The molecule has 2 aromatic rings. The quantitative estimate of drug-likeness (QED) is 0.875. The summed E-state index contributed by atoms with van der Waals surface area (Å²) in [6, 6.07) is 1.75. The van der Waals surface area contributed by atoms with Gasteiger partial charge in [0, 0.05) is 12.1 Å². The number of nitrogen functional groups attached to an aromatic ring is 1. The molecule has 0 bridgehead atoms. The van der Waals surface area contributed by atoms with Crippen molar-refractivity contribution in [2.24, 2.45) is 0 Å². The summed E-state index contributed by atoms with van der Waals surface area (Å²) in [6.07, 6.45) is 3.12. The maximum absolute atomic E-state index is 12.2. The topological polar surface area (TPSA) is 107 Å². The van der Waals surface area contributed by atoms with Crippen molar-refractivity contribution >= 4 is 11.6 Å². The van der Waals surface area contributed by atoms with Crippen LogP contribution in [0, 0.1) is 6.92 Å². The second kappa shape index (κ2) is 6.25. The molecular weight excluding hydrogens is 268 g/mol. The fourth-order valence-electron chi connectivity index (χ4n) is 1.72. The van der Waals surface area contributed by atoms with E-state index in [2.05, 4.69) is 25.3 Å². The highest BCUT2D eigenvalue weighted by Crippen LogP contribution is 2.13. The lowest BCUT2D eigenvalue weighted by Gasteiger charge is -2.09. The first-order chi connectivity index (χ1) is 9.97. The second-order valence-corrected chi connectivity index (χ2v) is 4.96. The predicted octanol–water partition coefficient (Wildman–Crippen LogP) is 1.21. The molecule has 1 amide bonds. The van der Waals surface area contributed by atoms with Gasteiger partial charge in [0.25, 0.3) is 5.91 Å². The van der Waals surface area contributed by atoms with Crippen molar-refractivity contribution in [1.29, 1.82) is 0 Å². The molecule has 2 heterocycles. The molecule has 0 saturated carbocycles. The first kappa shape index (κ1) is 14.8. The molecule has 0 aliphatic carbocycles. The minimum absolute atomic E-state index is 0.127. The number of carbonyl (C=O) groups excluding carboxylic acids is 1. The molecule has 2 aromatic heterocycles. The standard InChI is InChI=1S/C14H18N6O/c1-8(2)13-17-7-11(15)12(20-13)14(21)18-6-10-4-5-16-9(3)19-10/h4-5,7-8H,6,15H2,1-3H3,(H,18,21).